The Kier molecular flexibility index (Phi) is 5.58. The zero-order valence-corrected chi connectivity index (χ0v) is 16.1. The fraction of sp³-hybridized carbons (Fsp3) is 0.0909. The van der Waals surface area contributed by atoms with Crippen LogP contribution in [0.5, 0.6) is 0 Å². The van der Waals surface area contributed by atoms with Gasteiger partial charge in [0, 0.05) is 28.7 Å². The topological polar surface area (TPSA) is 37.8 Å². The molecule has 0 aliphatic carbocycles. The molecule has 4 rings (SSSR count). The van der Waals surface area contributed by atoms with Crippen LogP contribution in [0.3, 0.4) is 0 Å². The second-order valence-corrected chi connectivity index (χ2v) is 7.42. The number of hydrogen-bond acceptors (Lipinski definition) is 4. The van der Waals surface area contributed by atoms with E-state index in [1.165, 1.54) is 5.56 Å². The minimum Gasteiger partial charge on any atom is -0.299 e. The van der Waals surface area contributed by atoms with Crippen LogP contribution in [-0.2, 0) is 6.54 Å². The molecule has 2 aromatic carbocycles. The Labute approximate surface area is 167 Å². The standard InChI is InChI=1S/C22H18ClN3S/c23-18-11-9-17(10-12-18)22-26-19(15-27-22)14-25-21(16-6-2-1-3-7-16)20-8-4-5-13-24-20/h1-13,15,21,25H,14H2. The first-order valence-corrected chi connectivity index (χ1v) is 9.95. The zero-order valence-electron chi connectivity index (χ0n) is 14.5. The van der Waals surface area contributed by atoms with Crippen LogP contribution in [0.4, 0.5) is 0 Å². The van der Waals surface area contributed by atoms with Crippen molar-refractivity contribution in [3.63, 3.8) is 0 Å². The molecule has 0 amide bonds. The molecular formula is C22H18ClN3S. The Morgan fingerprint density at radius 1 is 0.926 bits per heavy atom. The summed E-state index contributed by atoms with van der Waals surface area (Å²) in [4.78, 5) is 9.30. The molecule has 4 aromatic rings. The minimum atomic E-state index is 0.0214. The van der Waals surface area contributed by atoms with E-state index in [-0.39, 0.29) is 6.04 Å². The van der Waals surface area contributed by atoms with Gasteiger partial charge in [-0.3, -0.25) is 10.3 Å². The van der Waals surface area contributed by atoms with Crippen molar-refractivity contribution in [1.82, 2.24) is 15.3 Å². The van der Waals surface area contributed by atoms with Crippen LogP contribution < -0.4 is 5.32 Å². The van der Waals surface area contributed by atoms with Gasteiger partial charge >= 0.3 is 0 Å². The molecule has 0 fully saturated rings. The van der Waals surface area contributed by atoms with Gasteiger partial charge in [0.1, 0.15) is 5.01 Å². The first-order valence-electron chi connectivity index (χ1n) is 8.69. The van der Waals surface area contributed by atoms with Gasteiger partial charge in [-0.2, -0.15) is 0 Å². The number of thiazole rings is 1. The fourth-order valence-corrected chi connectivity index (χ4v) is 3.86. The third kappa shape index (κ3) is 4.42. The molecule has 0 saturated heterocycles. The molecule has 1 atom stereocenters. The maximum absolute atomic E-state index is 5.97. The Hall–Kier alpha value is -2.53. The van der Waals surface area contributed by atoms with Crippen molar-refractivity contribution in [2.75, 3.05) is 0 Å². The van der Waals surface area contributed by atoms with Gasteiger partial charge in [-0.05, 0) is 29.8 Å². The van der Waals surface area contributed by atoms with Gasteiger partial charge < -0.3 is 0 Å². The minimum absolute atomic E-state index is 0.0214. The number of benzene rings is 2. The highest BCUT2D eigenvalue weighted by atomic mass is 35.5. The molecule has 1 N–H and O–H groups in total. The average molecular weight is 392 g/mol. The van der Waals surface area contributed by atoms with E-state index in [2.05, 4.69) is 39.9 Å². The first-order chi connectivity index (χ1) is 13.3. The van der Waals surface area contributed by atoms with Crippen molar-refractivity contribution in [3.8, 4) is 10.6 Å². The molecule has 2 aromatic heterocycles. The van der Waals surface area contributed by atoms with Crippen LogP contribution in [0.15, 0.2) is 84.4 Å². The maximum atomic E-state index is 5.97. The number of halogens is 1. The molecule has 0 radical (unpaired) electrons. The monoisotopic (exact) mass is 391 g/mol. The van der Waals surface area contributed by atoms with E-state index in [1.54, 1.807) is 11.3 Å². The van der Waals surface area contributed by atoms with Crippen LogP contribution in [-0.4, -0.2) is 9.97 Å². The largest absolute Gasteiger partial charge is 0.299 e. The van der Waals surface area contributed by atoms with Crippen LogP contribution in [0.2, 0.25) is 5.02 Å². The van der Waals surface area contributed by atoms with Crippen LogP contribution in [0.1, 0.15) is 23.0 Å². The van der Waals surface area contributed by atoms with Crippen LogP contribution in [0, 0.1) is 0 Å². The predicted molar refractivity (Wildman–Crippen MR) is 112 cm³/mol. The second kappa shape index (κ2) is 8.44. The Bertz CT molecular complexity index is 946. The van der Waals surface area contributed by atoms with E-state index in [0.29, 0.717) is 6.54 Å². The number of hydrogen-bond donors (Lipinski definition) is 1. The van der Waals surface area contributed by atoms with Gasteiger partial charge in [-0.1, -0.05) is 60.1 Å². The maximum Gasteiger partial charge on any atom is 0.123 e. The zero-order chi connectivity index (χ0) is 18.5. The van der Waals surface area contributed by atoms with Crippen LogP contribution >= 0.6 is 22.9 Å². The quantitative estimate of drug-likeness (QED) is 0.455. The highest BCUT2D eigenvalue weighted by Crippen LogP contribution is 2.26. The van der Waals surface area contributed by atoms with Crippen molar-refractivity contribution in [3.05, 3.63) is 106 Å². The summed E-state index contributed by atoms with van der Waals surface area (Å²) in [5.74, 6) is 0. The van der Waals surface area contributed by atoms with Crippen LogP contribution in [0.25, 0.3) is 10.6 Å². The SMILES string of the molecule is Clc1ccc(-c2nc(CNC(c3ccccc3)c3ccccn3)cs2)cc1. The van der Waals surface area contributed by atoms with E-state index in [4.69, 9.17) is 16.6 Å². The molecule has 27 heavy (non-hydrogen) atoms. The molecule has 1 unspecified atom stereocenters. The van der Waals surface area contributed by atoms with Crippen molar-refractivity contribution in [2.45, 2.75) is 12.6 Å². The van der Waals surface area contributed by atoms with Gasteiger partial charge in [0.05, 0.1) is 17.4 Å². The van der Waals surface area contributed by atoms with Gasteiger partial charge in [-0.25, -0.2) is 4.98 Å². The lowest BCUT2D eigenvalue weighted by Crippen LogP contribution is -2.23. The molecule has 5 heteroatoms. The van der Waals surface area contributed by atoms with Crippen molar-refractivity contribution < 1.29 is 0 Å². The summed E-state index contributed by atoms with van der Waals surface area (Å²) in [6.07, 6.45) is 1.83. The Morgan fingerprint density at radius 2 is 1.70 bits per heavy atom. The smallest absolute Gasteiger partial charge is 0.123 e. The molecule has 3 nitrogen and oxygen atoms in total. The molecule has 0 aliphatic heterocycles. The Balaban J connectivity index is 1.52. The molecule has 0 saturated carbocycles. The lowest BCUT2D eigenvalue weighted by atomic mass is 10.0. The van der Waals surface area contributed by atoms with E-state index in [0.717, 1.165) is 27.0 Å². The lowest BCUT2D eigenvalue weighted by molar-refractivity contribution is 0.586. The summed E-state index contributed by atoms with van der Waals surface area (Å²) in [5, 5.41) is 7.43. The summed E-state index contributed by atoms with van der Waals surface area (Å²) in [5.41, 5.74) is 4.28. The highest BCUT2D eigenvalue weighted by molar-refractivity contribution is 7.13. The summed E-state index contributed by atoms with van der Waals surface area (Å²) in [7, 11) is 0. The predicted octanol–water partition coefficient (Wildman–Crippen LogP) is 5.74. The summed E-state index contributed by atoms with van der Waals surface area (Å²) < 4.78 is 0. The number of rotatable bonds is 6. The van der Waals surface area contributed by atoms with Gasteiger partial charge in [0.15, 0.2) is 0 Å². The van der Waals surface area contributed by atoms with E-state index in [1.807, 2.05) is 54.7 Å². The van der Waals surface area contributed by atoms with Crippen molar-refractivity contribution >= 4 is 22.9 Å². The first kappa shape index (κ1) is 17.9. The molecule has 134 valence electrons. The third-order valence-corrected chi connectivity index (χ3v) is 5.44. The van der Waals surface area contributed by atoms with Crippen molar-refractivity contribution in [1.29, 1.82) is 0 Å². The van der Waals surface area contributed by atoms with Crippen molar-refractivity contribution in [2.24, 2.45) is 0 Å². The second-order valence-electron chi connectivity index (χ2n) is 6.13. The normalized spacial score (nSPS) is 12.0. The number of nitrogens with zero attached hydrogens (tertiary/aromatic N) is 2. The molecule has 0 bridgehead atoms. The molecule has 0 aliphatic rings. The van der Waals surface area contributed by atoms with E-state index < -0.39 is 0 Å². The molecular weight excluding hydrogens is 374 g/mol. The average Bonchev–Trinajstić information content (AvgIpc) is 3.19. The third-order valence-electron chi connectivity index (χ3n) is 4.25. The van der Waals surface area contributed by atoms with E-state index >= 15 is 0 Å². The van der Waals surface area contributed by atoms with Gasteiger partial charge in [0.25, 0.3) is 0 Å². The molecule has 0 spiro atoms. The van der Waals surface area contributed by atoms with E-state index in [9.17, 15) is 0 Å². The van der Waals surface area contributed by atoms with Gasteiger partial charge in [-0.15, -0.1) is 11.3 Å². The summed E-state index contributed by atoms with van der Waals surface area (Å²) in [6, 6.07) is 24.2. The summed E-state index contributed by atoms with van der Waals surface area (Å²) >= 11 is 7.61. The summed E-state index contributed by atoms with van der Waals surface area (Å²) in [6.45, 7) is 0.667. The highest BCUT2D eigenvalue weighted by Gasteiger charge is 2.15. The molecule has 2 heterocycles. The fourth-order valence-electron chi connectivity index (χ4n) is 2.91. The Morgan fingerprint density at radius 3 is 2.44 bits per heavy atom. The lowest BCUT2D eigenvalue weighted by Gasteiger charge is -2.18. The number of aromatic nitrogens is 2. The van der Waals surface area contributed by atoms with Gasteiger partial charge in [0.2, 0.25) is 0 Å². The number of nitrogens with one attached hydrogen (secondary N) is 1. The number of pyridine rings is 1.